The number of benzene rings is 1. The molecular formula is C15H15NO2. The Bertz CT molecular complexity index is 692. The van der Waals surface area contributed by atoms with Crippen molar-refractivity contribution in [2.75, 3.05) is 6.54 Å². The maximum absolute atomic E-state index is 5.78. The molecule has 3 nitrogen and oxygen atoms in total. The average molecular weight is 241 g/mol. The second-order valence-electron chi connectivity index (χ2n) is 4.47. The van der Waals surface area contributed by atoms with Gasteiger partial charge in [0.15, 0.2) is 0 Å². The Morgan fingerprint density at radius 3 is 2.67 bits per heavy atom. The molecule has 0 aliphatic carbocycles. The van der Waals surface area contributed by atoms with Gasteiger partial charge in [-0.3, -0.25) is 0 Å². The molecule has 2 heterocycles. The molecule has 0 aliphatic heterocycles. The Kier molecular flexibility index (Phi) is 2.49. The molecule has 0 radical (unpaired) electrons. The maximum atomic E-state index is 5.78. The second kappa shape index (κ2) is 4.03. The van der Waals surface area contributed by atoms with Gasteiger partial charge in [0, 0.05) is 22.9 Å². The zero-order valence-corrected chi connectivity index (χ0v) is 10.5. The Morgan fingerprint density at radius 1 is 1.11 bits per heavy atom. The normalized spacial score (nSPS) is 12.2. The van der Waals surface area contributed by atoms with Crippen LogP contribution in [-0.4, -0.2) is 6.54 Å². The van der Waals surface area contributed by atoms with Crippen LogP contribution in [0, 0.1) is 13.8 Å². The molecule has 0 atom stereocenters. The highest BCUT2D eigenvalue weighted by molar-refractivity contribution is 6.03. The van der Waals surface area contributed by atoms with E-state index >= 15 is 0 Å². The molecule has 0 aliphatic rings. The number of fused-ring (bicyclic) bond motifs is 2. The largest absolute Gasteiger partial charge is 0.461 e. The number of nitrogens with two attached hydrogens (primary N) is 1. The summed E-state index contributed by atoms with van der Waals surface area (Å²) in [6.45, 7) is 4.40. The first kappa shape index (κ1) is 11.1. The van der Waals surface area contributed by atoms with Gasteiger partial charge in [-0.05, 0) is 32.0 Å². The number of hydrogen-bond donors (Lipinski definition) is 1. The molecule has 0 unspecified atom stereocenters. The molecule has 2 N–H and O–H groups in total. The molecule has 3 heteroatoms. The second-order valence-corrected chi connectivity index (χ2v) is 4.47. The zero-order valence-electron chi connectivity index (χ0n) is 10.5. The fraction of sp³-hybridized carbons (Fsp3) is 0.200. The van der Waals surface area contributed by atoms with Crippen molar-refractivity contribution in [3.8, 4) is 0 Å². The summed E-state index contributed by atoms with van der Waals surface area (Å²) < 4.78 is 11.5. The molecular weight excluding hydrogens is 226 g/mol. The SMILES string of the molecule is Cc1cc2c(/C=C/CN)c3oc(C)cc3cc2o1. The quantitative estimate of drug-likeness (QED) is 0.743. The number of furan rings is 2. The first-order valence-electron chi connectivity index (χ1n) is 5.99. The van der Waals surface area contributed by atoms with E-state index in [0.29, 0.717) is 6.54 Å². The molecule has 1 aromatic carbocycles. The summed E-state index contributed by atoms with van der Waals surface area (Å²) in [5.74, 6) is 1.80. The predicted octanol–water partition coefficient (Wildman–Crippen LogP) is 3.77. The van der Waals surface area contributed by atoms with Gasteiger partial charge in [0.2, 0.25) is 0 Å². The van der Waals surface area contributed by atoms with Gasteiger partial charge < -0.3 is 14.6 Å². The van der Waals surface area contributed by atoms with Crippen LogP contribution in [0.2, 0.25) is 0 Å². The Labute approximate surface area is 105 Å². The van der Waals surface area contributed by atoms with Crippen molar-refractivity contribution >= 4 is 28.0 Å². The van der Waals surface area contributed by atoms with Gasteiger partial charge in [0.25, 0.3) is 0 Å². The Hall–Kier alpha value is -2.00. The van der Waals surface area contributed by atoms with E-state index in [2.05, 4.69) is 0 Å². The monoisotopic (exact) mass is 241 g/mol. The van der Waals surface area contributed by atoms with Crippen molar-refractivity contribution in [1.82, 2.24) is 0 Å². The topological polar surface area (TPSA) is 52.3 Å². The van der Waals surface area contributed by atoms with E-state index in [4.69, 9.17) is 14.6 Å². The summed E-state index contributed by atoms with van der Waals surface area (Å²) in [5.41, 5.74) is 8.35. The number of rotatable bonds is 2. The smallest absolute Gasteiger partial charge is 0.142 e. The van der Waals surface area contributed by atoms with E-state index in [-0.39, 0.29) is 0 Å². The molecule has 0 fully saturated rings. The summed E-state index contributed by atoms with van der Waals surface area (Å²) >= 11 is 0. The predicted molar refractivity (Wildman–Crippen MR) is 73.5 cm³/mol. The maximum Gasteiger partial charge on any atom is 0.142 e. The molecule has 18 heavy (non-hydrogen) atoms. The standard InChI is InChI=1S/C15H15NO2/c1-9-6-11-8-14-13(7-10(2)17-14)12(4-3-5-16)15(11)18-9/h3-4,6-8H,5,16H2,1-2H3/b4-3+. The third kappa shape index (κ3) is 1.64. The van der Waals surface area contributed by atoms with Crippen molar-refractivity contribution < 1.29 is 8.83 Å². The lowest BCUT2D eigenvalue weighted by atomic mass is 10.1. The minimum Gasteiger partial charge on any atom is -0.461 e. The van der Waals surface area contributed by atoms with E-state index < -0.39 is 0 Å². The average Bonchev–Trinajstić information content (AvgIpc) is 2.85. The third-order valence-electron chi connectivity index (χ3n) is 3.01. The number of aryl methyl sites for hydroxylation is 2. The van der Waals surface area contributed by atoms with E-state index in [1.807, 2.05) is 44.2 Å². The molecule has 0 spiro atoms. The first-order valence-corrected chi connectivity index (χ1v) is 5.99. The fourth-order valence-electron chi connectivity index (χ4n) is 2.32. The van der Waals surface area contributed by atoms with Crippen LogP contribution >= 0.6 is 0 Å². The van der Waals surface area contributed by atoms with Crippen molar-refractivity contribution in [1.29, 1.82) is 0 Å². The summed E-state index contributed by atoms with van der Waals surface area (Å²) in [5, 5.41) is 2.13. The molecule has 0 saturated heterocycles. The van der Waals surface area contributed by atoms with E-state index in [1.54, 1.807) is 0 Å². The first-order chi connectivity index (χ1) is 8.69. The van der Waals surface area contributed by atoms with Crippen LogP contribution < -0.4 is 5.73 Å². The molecule has 2 aromatic heterocycles. The van der Waals surface area contributed by atoms with Gasteiger partial charge in [0.05, 0.1) is 0 Å². The van der Waals surface area contributed by atoms with E-state index in [1.165, 1.54) is 0 Å². The molecule has 0 amide bonds. The van der Waals surface area contributed by atoms with Gasteiger partial charge in [-0.15, -0.1) is 0 Å². The lowest BCUT2D eigenvalue weighted by molar-refractivity contribution is 0.575. The molecule has 0 bridgehead atoms. The van der Waals surface area contributed by atoms with Crippen LogP contribution in [0.4, 0.5) is 0 Å². The third-order valence-corrected chi connectivity index (χ3v) is 3.01. The van der Waals surface area contributed by atoms with Gasteiger partial charge in [-0.2, -0.15) is 0 Å². The van der Waals surface area contributed by atoms with Crippen LogP contribution in [0.3, 0.4) is 0 Å². The van der Waals surface area contributed by atoms with Gasteiger partial charge >= 0.3 is 0 Å². The highest BCUT2D eigenvalue weighted by Crippen LogP contribution is 2.33. The molecule has 92 valence electrons. The minimum atomic E-state index is 0.508. The van der Waals surface area contributed by atoms with Crippen LogP contribution in [0.1, 0.15) is 17.1 Å². The van der Waals surface area contributed by atoms with Gasteiger partial charge in [-0.1, -0.05) is 12.2 Å². The Balaban J connectivity index is 2.43. The van der Waals surface area contributed by atoms with Crippen LogP contribution in [-0.2, 0) is 0 Å². The van der Waals surface area contributed by atoms with Gasteiger partial charge in [-0.25, -0.2) is 0 Å². The minimum absolute atomic E-state index is 0.508. The summed E-state index contributed by atoms with van der Waals surface area (Å²) in [4.78, 5) is 0. The van der Waals surface area contributed by atoms with Crippen LogP contribution in [0.15, 0.2) is 33.1 Å². The fourth-order valence-corrected chi connectivity index (χ4v) is 2.32. The van der Waals surface area contributed by atoms with Crippen molar-refractivity contribution in [3.05, 3.63) is 41.4 Å². The Morgan fingerprint density at radius 2 is 1.89 bits per heavy atom. The number of hydrogen-bond acceptors (Lipinski definition) is 3. The van der Waals surface area contributed by atoms with E-state index in [9.17, 15) is 0 Å². The molecule has 3 aromatic rings. The van der Waals surface area contributed by atoms with Crippen molar-refractivity contribution in [2.24, 2.45) is 5.73 Å². The van der Waals surface area contributed by atoms with Crippen molar-refractivity contribution in [2.45, 2.75) is 13.8 Å². The van der Waals surface area contributed by atoms with Gasteiger partial charge in [0.1, 0.15) is 22.7 Å². The van der Waals surface area contributed by atoms with Crippen molar-refractivity contribution in [3.63, 3.8) is 0 Å². The highest BCUT2D eigenvalue weighted by Gasteiger charge is 2.12. The lowest BCUT2D eigenvalue weighted by Gasteiger charge is -1.98. The van der Waals surface area contributed by atoms with Crippen LogP contribution in [0.5, 0.6) is 0 Å². The lowest BCUT2D eigenvalue weighted by Crippen LogP contribution is -1.92. The molecule has 3 rings (SSSR count). The highest BCUT2D eigenvalue weighted by atomic mass is 16.3. The van der Waals surface area contributed by atoms with E-state index in [0.717, 1.165) is 39.0 Å². The van der Waals surface area contributed by atoms with Crippen LogP contribution in [0.25, 0.3) is 28.0 Å². The summed E-state index contributed by atoms with van der Waals surface area (Å²) in [6, 6.07) is 6.07. The summed E-state index contributed by atoms with van der Waals surface area (Å²) in [6.07, 6.45) is 3.93. The zero-order chi connectivity index (χ0) is 12.7. The summed E-state index contributed by atoms with van der Waals surface area (Å²) in [7, 11) is 0. The molecule has 0 saturated carbocycles.